The van der Waals surface area contributed by atoms with Gasteiger partial charge in [-0.1, -0.05) is 18.2 Å². The Balaban J connectivity index is 2.63. The fraction of sp³-hybridized carbons (Fsp3) is 0.100. The normalized spacial score (nSPS) is 10.3. The first-order valence-corrected chi connectivity index (χ1v) is 3.71. The number of carbonyl (C=O) groups excluding carboxylic acids is 1. The highest BCUT2D eigenvalue weighted by molar-refractivity contribution is 5.64. The van der Waals surface area contributed by atoms with Gasteiger partial charge in [0.2, 0.25) is 0 Å². The van der Waals surface area contributed by atoms with Crippen molar-refractivity contribution in [2.45, 2.75) is 6.42 Å². The summed E-state index contributed by atoms with van der Waals surface area (Å²) in [7, 11) is 0. The molecule has 0 aliphatic rings. The highest BCUT2D eigenvalue weighted by Crippen LogP contribution is 2.11. The Hall–Kier alpha value is -1.57. The van der Waals surface area contributed by atoms with E-state index in [1.54, 1.807) is 24.3 Å². The van der Waals surface area contributed by atoms with E-state index in [2.05, 4.69) is 0 Å². The van der Waals surface area contributed by atoms with E-state index in [4.69, 9.17) is 5.11 Å². The molecule has 0 spiro atoms. The van der Waals surface area contributed by atoms with Gasteiger partial charge in [0.15, 0.2) is 0 Å². The van der Waals surface area contributed by atoms with Crippen molar-refractivity contribution >= 4 is 6.29 Å². The van der Waals surface area contributed by atoms with Crippen LogP contribution in [0.15, 0.2) is 36.4 Å². The van der Waals surface area contributed by atoms with E-state index in [1.165, 1.54) is 6.08 Å². The van der Waals surface area contributed by atoms with Gasteiger partial charge in [-0.05, 0) is 30.2 Å². The zero-order chi connectivity index (χ0) is 8.81. The van der Waals surface area contributed by atoms with Crippen LogP contribution in [0.25, 0.3) is 0 Å². The third-order valence-electron chi connectivity index (χ3n) is 1.48. The molecule has 1 N–H and O–H groups in total. The van der Waals surface area contributed by atoms with Crippen molar-refractivity contribution in [2.24, 2.45) is 0 Å². The molecule has 0 aliphatic heterocycles. The Kier molecular flexibility index (Phi) is 3.08. The van der Waals surface area contributed by atoms with Gasteiger partial charge >= 0.3 is 0 Å². The fourth-order valence-electron chi connectivity index (χ4n) is 0.943. The van der Waals surface area contributed by atoms with Gasteiger partial charge in [-0.15, -0.1) is 0 Å². The van der Waals surface area contributed by atoms with Crippen LogP contribution in [0.1, 0.15) is 5.56 Å². The Morgan fingerprint density at radius 1 is 1.42 bits per heavy atom. The molecule has 2 heteroatoms. The average Bonchev–Trinajstić information content (AvgIpc) is 2.05. The second-order valence-electron chi connectivity index (χ2n) is 2.44. The number of hydrogen-bond donors (Lipinski definition) is 1. The van der Waals surface area contributed by atoms with Crippen LogP contribution in [0.2, 0.25) is 0 Å². The SMILES string of the molecule is O=CC=CCc1cccc(O)c1. The van der Waals surface area contributed by atoms with Crippen LogP contribution in [0, 0.1) is 0 Å². The van der Waals surface area contributed by atoms with Gasteiger partial charge in [0.1, 0.15) is 12.0 Å². The van der Waals surface area contributed by atoms with Crippen molar-refractivity contribution in [1.29, 1.82) is 0 Å². The minimum Gasteiger partial charge on any atom is -0.508 e. The molecule has 0 amide bonds. The molecule has 0 bridgehead atoms. The summed E-state index contributed by atoms with van der Waals surface area (Å²) in [5.74, 6) is 0.256. The minimum absolute atomic E-state index is 0.256. The van der Waals surface area contributed by atoms with E-state index in [0.29, 0.717) is 6.42 Å². The lowest BCUT2D eigenvalue weighted by Gasteiger charge is -1.95. The maximum Gasteiger partial charge on any atom is 0.142 e. The number of phenolic OH excluding ortho intramolecular Hbond substituents is 1. The maximum absolute atomic E-state index is 9.93. The van der Waals surface area contributed by atoms with E-state index in [-0.39, 0.29) is 5.75 Å². The van der Waals surface area contributed by atoms with Crippen molar-refractivity contribution in [2.75, 3.05) is 0 Å². The van der Waals surface area contributed by atoms with Gasteiger partial charge in [0, 0.05) is 0 Å². The summed E-state index contributed by atoms with van der Waals surface area (Å²) in [4.78, 5) is 9.93. The number of phenols is 1. The molecule has 2 nitrogen and oxygen atoms in total. The molecule has 1 rings (SSSR count). The molecule has 0 saturated carbocycles. The molecule has 0 atom stereocenters. The van der Waals surface area contributed by atoms with Crippen molar-refractivity contribution in [1.82, 2.24) is 0 Å². The molecular weight excluding hydrogens is 152 g/mol. The standard InChI is InChI=1S/C10H10O2/c11-7-2-1-4-9-5-3-6-10(12)8-9/h1-3,5-8,12H,4H2. The van der Waals surface area contributed by atoms with Gasteiger partial charge in [0.25, 0.3) is 0 Å². The van der Waals surface area contributed by atoms with Gasteiger partial charge < -0.3 is 5.11 Å². The lowest BCUT2D eigenvalue weighted by Crippen LogP contribution is -1.79. The number of rotatable bonds is 3. The van der Waals surface area contributed by atoms with Crippen molar-refractivity contribution in [3.8, 4) is 5.75 Å². The van der Waals surface area contributed by atoms with Crippen molar-refractivity contribution in [3.05, 3.63) is 42.0 Å². The summed E-state index contributed by atoms with van der Waals surface area (Å²) >= 11 is 0. The van der Waals surface area contributed by atoms with E-state index >= 15 is 0 Å². The molecule has 12 heavy (non-hydrogen) atoms. The first kappa shape index (κ1) is 8.53. The number of hydrogen-bond acceptors (Lipinski definition) is 2. The van der Waals surface area contributed by atoms with Gasteiger partial charge in [0.05, 0.1) is 0 Å². The zero-order valence-electron chi connectivity index (χ0n) is 6.60. The Labute approximate surface area is 71.2 Å². The van der Waals surface area contributed by atoms with Crippen LogP contribution in [0.5, 0.6) is 5.75 Å². The monoisotopic (exact) mass is 162 g/mol. The van der Waals surface area contributed by atoms with Gasteiger partial charge in [-0.3, -0.25) is 4.79 Å². The fourth-order valence-corrected chi connectivity index (χ4v) is 0.943. The van der Waals surface area contributed by atoms with Crippen molar-refractivity contribution in [3.63, 3.8) is 0 Å². The molecule has 0 heterocycles. The first-order chi connectivity index (χ1) is 5.83. The Morgan fingerprint density at radius 2 is 2.25 bits per heavy atom. The molecule has 0 saturated heterocycles. The average molecular weight is 162 g/mol. The van der Waals surface area contributed by atoms with Crippen LogP contribution in [0.3, 0.4) is 0 Å². The van der Waals surface area contributed by atoms with Gasteiger partial charge in [-0.25, -0.2) is 0 Å². The largest absolute Gasteiger partial charge is 0.508 e. The predicted octanol–water partition coefficient (Wildman–Crippen LogP) is 1.69. The third-order valence-corrected chi connectivity index (χ3v) is 1.48. The second-order valence-corrected chi connectivity index (χ2v) is 2.44. The van der Waals surface area contributed by atoms with Crippen LogP contribution in [-0.4, -0.2) is 11.4 Å². The predicted molar refractivity (Wildman–Crippen MR) is 47.0 cm³/mol. The molecular formula is C10H10O2. The molecule has 0 aliphatic carbocycles. The molecule has 0 aromatic heterocycles. The second kappa shape index (κ2) is 4.34. The highest BCUT2D eigenvalue weighted by Gasteiger charge is 1.90. The molecule has 0 unspecified atom stereocenters. The van der Waals surface area contributed by atoms with Crippen molar-refractivity contribution < 1.29 is 9.90 Å². The van der Waals surface area contributed by atoms with Crippen LogP contribution in [-0.2, 0) is 11.2 Å². The summed E-state index contributed by atoms with van der Waals surface area (Å²) in [6.45, 7) is 0. The lowest BCUT2D eigenvalue weighted by atomic mass is 10.1. The van der Waals surface area contributed by atoms with Crippen LogP contribution in [0.4, 0.5) is 0 Å². The number of carbonyl (C=O) groups is 1. The smallest absolute Gasteiger partial charge is 0.142 e. The molecule has 1 aromatic carbocycles. The maximum atomic E-state index is 9.93. The Morgan fingerprint density at radius 3 is 2.92 bits per heavy atom. The summed E-state index contributed by atoms with van der Waals surface area (Å²) in [6.07, 6.45) is 4.61. The van der Waals surface area contributed by atoms with Crippen LogP contribution < -0.4 is 0 Å². The van der Waals surface area contributed by atoms with E-state index in [0.717, 1.165) is 11.8 Å². The highest BCUT2D eigenvalue weighted by atomic mass is 16.3. The van der Waals surface area contributed by atoms with E-state index in [9.17, 15) is 4.79 Å². The third kappa shape index (κ3) is 2.58. The number of aldehydes is 1. The number of allylic oxidation sites excluding steroid dienone is 2. The quantitative estimate of drug-likeness (QED) is 0.542. The molecule has 0 fully saturated rings. The molecule has 62 valence electrons. The Bertz CT molecular complexity index is 290. The van der Waals surface area contributed by atoms with Crippen LogP contribution >= 0.6 is 0 Å². The number of aromatic hydroxyl groups is 1. The zero-order valence-corrected chi connectivity index (χ0v) is 6.60. The summed E-state index contributed by atoms with van der Waals surface area (Å²) < 4.78 is 0. The minimum atomic E-state index is 0.256. The van der Waals surface area contributed by atoms with E-state index < -0.39 is 0 Å². The van der Waals surface area contributed by atoms with Gasteiger partial charge in [-0.2, -0.15) is 0 Å². The summed E-state index contributed by atoms with van der Waals surface area (Å²) in [5, 5.41) is 9.08. The molecule has 1 aromatic rings. The lowest BCUT2D eigenvalue weighted by molar-refractivity contribution is -0.104. The first-order valence-electron chi connectivity index (χ1n) is 3.71. The van der Waals surface area contributed by atoms with E-state index in [1.807, 2.05) is 6.07 Å². The summed E-state index contributed by atoms with van der Waals surface area (Å²) in [5.41, 5.74) is 0.994. The summed E-state index contributed by atoms with van der Waals surface area (Å²) in [6, 6.07) is 6.97. The number of benzene rings is 1. The topological polar surface area (TPSA) is 37.3 Å². The molecule has 0 radical (unpaired) electrons.